The smallest absolute Gasteiger partial charge is 0.338 e. The standard InChI is InChI=1S/C14H15BrN2O2S/c1-2-19-14(18)9-3-5-11(16)12(7-9)17-8-10-4-6-13(15)20-10/h3-7,17H,2,8,16H2,1H3. The van der Waals surface area contributed by atoms with Crippen molar-refractivity contribution < 1.29 is 9.53 Å². The fourth-order valence-corrected chi connectivity index (χ4v) is 3.10. The lowest BCUT2D eigenvalue weighted by Crippen LogP contribution is -2.07. The zero-order valence-corrected chi connectivity index (χ0v) is 13.4. The van der Waals surface area contributed by atoms with Crippen molar-refractivity contribution in [3.05, 3.63) is 44.6 Å². The minimum absolute atomic E-state index is 0.339. The van der Waals surface area contributed by atoms with Crippen LogP contribution in [-0.4, -0.2) is 12.6 Å². The number of carbonyl (C=O) groups excluding carboxylic acids is 1. The highest BCUT2D eigenvalue weighted by molar-refractivity contribution is 9.11. The zero-order valence-electron chi connectivity index (χ0n) is 11.0. The van der Waals surface area contributed by atoms with Crippen molar-refractivity contribution in [1.29, 1.82) is 0 Å². The Morgan fingerprint density at radius 1 is 1.40 bits per heavy atom. The average Bonchev–Trinajstić information content (AvgIpc) is 2.84. The van der Waals surface area contributed by atoms with Gasteiger partial charge in [0.15, 0.2) is 0 Å². The van der Waals surface area contributed by atoms with Gasteiger partial charge in [-0.15, -0.1) is 11.3 Å². The van der Waals surface area contributed by atoms with Crippen LogP contribution >= 0.6 is 27.3 Å². The van der Waals surface area contributed by atoms with Crippen LogP contribution in [0.1, 0.15) is 22.2 Å². The van der Waals surface area contributed by atoms with Gasteiger partial charge in [0.25, 0.3) is 0 Å². The lowest BCUT2D eigenvalue weighted by molar-refractivity contribution is 0.0526. The lowest BCUT2D eigenvalue weighted by Gasteiger charge is -2.10. The maximum absolute atomic E-state index is 11.7. The van der Waals surface area contributed by atoms with E-state index in [0.29, 0.717) is 24.4 Å². The van der Waals surface area contributed by atoms with Gasteiger partial charge < -0.3 is 15.8 Å². The second-order valence-corrected chi connectivity index (χ2v) is 6.63. The molecule has 0 spiro atoms. The predicted octanol–water partition coefficient (Wildman–Crippen LogP) is 3.88. The van der Waals surface area contributed by atoms with Crippen LogP contribution in [-0.2, 0) is 11.3 Å². The summed E-state index contributed by atoms with van der Waals surface area (Å²) < 4.78 is 6.06. The number of nitrogen functional groups attached to an aromatic ring is 1. The van der Waals surface area contributed by atoms with Gasteiger partial charge in [0, 0.05) is 11.4 Å². The number of hydrogen-bond donors (Lipinski definition) is 2. The van der Waals surface area contributed by atoms with Gasteiger partial charge in [-0.2, -0.15) is 0 Å². The van der Waals surface area contributed by atoms with E-state index in [1.165, 1.54) is 4.88 Å². The number of benzene rings is 1. The largest absolute Gasteiger partial charge is 0.462 e. The van der Waals surface area contributed by atoms with Crippen molar-refractivity contribution in [3.63, 3.8) is 0 Å². The van der Waals surface area contributed by atoms with Gasteiger partial charge in [0.05, 0.1) is 27.3 Å². The lowest BCUT2D eigenvalue weighted by atomic mass is 10.1. The second-order valence-electron chi connectivity index (χ2n) is 4.08. The Labute approximate surface area is 130 Å². The molecule has 3 N–H and O–H groups in total. The van der Waals surface area contributed by atoms with E-state index in [-0.39, 0.29) is 5.97 Å². The summed E-state index contributed by atoms with van der Waals surface area (Å²) >= 11 is 5.08. The highest BCUT2D eigenvalue weighted by atomic mass is 79.9. The van der Waals surface area contributed by atoms with Gasteiger partial charge in [0.2, 0.25) is 0 Å². The molecule has 2 rings (SSSR count). The van der Waals surface area contributed by atoms with Crippen LogP contribution in [0.5, 0.6) is 0 Å². The van der Waals surface area contributed by atoms with Crippen LogP contribution in [0.15, 0.2) is 34.1 Å². The first-order valence-corrected chi connectivity index (χ1v) is 7.76. The van der Waals surface area contributed by atoms with E-state index >= 15 is 0 Å². The van der Waals surface area contributed by atoms with Gasteiger partial charge in [-0.3, -0.25) is 0 Å². The fraction of sp³-hybridized carbons (Fsp3) is 0.214. The third kappa shape index (κ3) is 3.74. The number of anilines is 2. The molecular formula is C14H15BrN2O2S. The number of carbonyl (C=O) groups is 1. The van der Waals surface area contributed by atoms with E-state index < -0.39 is 0 Å². The van der Waals surface area contributed by atoms with Crippen molar-refractivity contribution in [2.75, 3.05) is 17.7 Å². The second kappa shape index (κ2) is 6.76. The molecule has 0 aliphatic rings. The highest BCUT2D eigenvalue weighted by Gasteiger charge is 2.09. The number of nitrogens with two attached hydrogens (primary N) is 1. The number of halogens is 1. The molecule has 4 nitrogen and oxygen atoms in total. The summed E-state index contributed by atoms with van der Waals surface area (Å²) in [5.74, 6) is -0.339. The van der Waals surface area contributed by atoms with Gasteiger partial charge >= 0.3 is 5.97 Å². The molecule has 1 heterocycles. The normalized spacial score (nSPS) is 10.3. The average molecular weight is 355 g/mol. The number of nitrogens with one attached hydrogen (secondary N) is 1. The molecule has 0 aliphatic heterocycles. The molecule has 0 saturated carbocycles. The van der Waals surface area contributed by atoms with Crippen LogP contribution in [0.3, 0.4) is 0 Å². The monoisotopic (exact) mass is 354 g/mol. The van der Waals surface area contributed by atoms with E-state index in [1.807, 2.05) is 12.1 Å². The number of ether oxygens (including phenoxy) is 1. The van der Waals surface area contributed by atoms with E-state index in [9.17, 15) is 4.79 Å². The topological polar surface area (TPSA) is 64.3 Å². The molecule has 0 atom stereocenters. The molecule has 0 amide bonds. The number of rotatable bonds is 5. The molecule has 2 aromatic rings. The Bertz CT molecular complexity index is 613. The van der Waals surface area contributed by atoms with Gasteiger partial charge in [-0.1, -0.05) is 0 Å². The maximum Gasteiger partial charge on any atom is 0.338 e. The van der Waals surface area contributed by atoms with E-state index in [4.69, 9.17) is 10.5 Å². The van der Waals surface area contributed by atoms with E-state index in [0.717, 1.165) is 9.47 Å². The predicted molar refractivity (Wildman–Crippen MR) is 86.2 cm³/mol. The van der Waals surface area contributed by atoms with Gasteiger partial charge in [-0.25, -0.2) is 4.79 Å². The summed E-state index contributed by atoms with van der Waals surface area (Å²) in [6.07, 6.45) is 0. The van der Waals surface area contributed by atoms with Crippen LogP contribution in [0.25, 0.3) is 0 Å². The summed E-state index contributed by atoms with van der Waals surface area (Å²) in [6.45, 7) is 2.80. The first-order chi connectivity index (χ1) is 9.60. The quantitative estimate of drug-likeness (QED) is 0.631. The van der Waals surface area contributed by atoms with Gasteiger partial charge in [0.1, 0.15) is 0 Å². The van der Waals surface area contributed by atoms with Crippen molar-refractivity contribution in [1.82, 2.24) is 0 Å². The van der Waals surface area contributed by atoms with Crippen molar-refractivity contribution >= 4 is 44.6 Å². The molecule has 0 bridgehead atoms. The Balaban J connectivity index is 2.10. The van der Waals surface area contributed by atoms with E-state index in [2.05, 4.69) is 21.2 Å². The molecule has 0 aliphatic carbocycles. The Kier molecular flexibility index (Phi) is 5.03. The highest BCUT2D eigenvalue weighted by Crippen LogP contribution is 2.25. The Hall–Kier alpha value is -1.53. The van der Waals surface area contributed by atoms with E-state index in [1.54, 1.807) is 36.5 Å². The molecular weight excluding hydrogens is 340 g/mol. The number of hydrogen-bond acceptors (Lipinski definition) is 5. The molecule has 106 valence electrons. The van der Waals surface area contributed by atoms with Crippen LogP contribution in [0.2, 0.25) is 0 Å². The summed E-state index contributed by atoms with van der Waals surface area (Å²) in [4.78, 5) is 12.9. The number of thiophene rings is 1. The Morgan fingerprint density at radius 3 is 2.85 bits per heavy atom. The molecule has 1 aromatic heterocycles. The van der Waals surface area contributed by atoms with Gasteiger partial charge in [-0.05, 0) is 53.2 Å². The minimum Gasteiger partial charge on any atom is -0.462 e. The van der Waals surface area contributed by atoms with Crippen molar-refractivity contribution in [2.24, 2.45) is 0 Å². The Morgan fingerprint density at radius 2 is 2.20 bits per heavy atom. The summed E-state index contributed by atoms with van der Waals surface area (Å²) in [6, 6.07) is 9.13. The molecule has 0 saturated heterocycles. The molecule has 0 fully saturated rings. The molecule has 0 unspecified atom stereocenters. The third-order valence-electron chi connectivity index (χ3n) is 2.65. The van der Waals surface area contributed by atoms with Crippen LogP contribution in [0, 0.1) is 0 Å². The first kappa shape index (κ1) is 14.9. The molecule has 20 heavy (non-hydrogen) atoms. The van der Waals surface area contributed by atoms with Crippen LogP contribution in [0.4, 0.5) is 11.4 Å². The maximum atomic E-state index is 11.7. The SMILES string of the molecule is CCOC(=O)c1ccc(N)c(NCc2ccc(Br)s2)c1. The summed E-state index contributed by atoms with van der Waals surface area (Å²) in [5.41, 5.74) is 7.75. The van der Waals surface area contributed by atoms with Crippen molar-refractivity contribution in [2.45, 2.75) is 13.5 Å². The minimum atomic E-state index is -0.339. The first-order valence-electron chi connectivity index (χ1n) is 6.15. The fourth-order valence-electron chi connectivity index (χ4n) is 1.68. The third-order valence-corrected chi connectivity index (χ3v) is 4.27. The van der Waals surface area contributed by atoms with Crippen molar-refractivity contribution in [3.8, 4) is 0 Å². The zero-order chi connectivity index (χ0) is 14.5. The van der Waals surface area contributed by atoms with Crippen LogP contribution < -0.4 is 11.1 Å². The molecule has 6 heteroatoms. The summed E-state index contributed by atoms with van der Waals surface area (Å²) in [5, 5.41) is 3.24. The summed E-state index contributed by atoms with van der Waals surface area (Å²) in [7, 11) is 0. The molecule has 0 radical (unpaired) electrons. The number of esters is 1. The molecule has 1 aromatic carbocycles.